The fourth-order valence-corrected chi connectivity index (χ4v) is 2.46. The lowest BCUT2D eigenvalue weighted by atomic mass is 10.1. The molecular weight excluding hydrogens is 276 g/mol. The first-order chi connectivity index (χ1) is 9.89. The van der Waals surface area contributed by atoms with Crippen LogP contribution in [0.25, 0.3) is 0 Å². The zero-order chi connectivity index (χ0) is 15.5. The van der Waals surface area contributed by atoms with Gasteiger partial charge in [0.15, 0.2) is 6.33 Å². The van der Waals surface area contributed by atoms with Gasteiger partial charge in [-0.05, 0) is 32.4 Å². The number of nitrogens with zero attached hydrogens (tertiary/aromatic N) is 5. The monoisotopic (exact) mass is 298 g/mol. The average molecular weight is 298 g/mol. The Kier molecular flexibility index (Phi) is 4.73. The van der Waals surface area contributed by atoms with Gasteiger partial charge in [0.1, 0.15) is 5.60 Å². The molecule has 0 saturated carbocycles. The molecule has 1 aromatic heterocycles. The number of hydrogen-bond donors (Lipinski definition) is 1. The van der Waals surface area contributed by atoms with Crippen molar-refractivity contribution < 1.29 is 14.4 Å². The number of hydrogen-bond acceptors (Lipinski definition) is 7. The Morgan fingerprint density at radius 2 is 2.24 bits per heavy atom. The minimum Gasteiger partial charge on any atom is -0.444 e. The topological polar surface area (TPSA) is 108 Å². The van der Waals surface area contributed by atoms with E-state index in [4.69, 9.17) is 15.5 Å². The number of carbonyl (C=O) groups is 1. The molecule has 118 valence electrons. The highest BCUT2D eigenvalue weighted by Gasteiger charge is 2.38. The zero-order valence-corrected chi connectivity index (χ0v) is 12.6. The van der Waals surface area contributed by atoms with E-state index in [0.717, 1.165) is 6.42 Å². The Balaban J connectivity index is 1.99. The molecule has 1 aromatic rings. The lowest BCUT2D eigenvalue weighted by Gasteiger charge is -2.28. The number of ether oxygens (including phenoxy) is 1. The first kappa shape index (κ1) is 15.6. The minimum absolute atomic E-state index is 0.0987. The lowest BCUT2D eigenvalue weighted by molar-refractivity contribution is 0.0103. The quantitative estimate of drug-likeness (QED) is 0.790. The van der Waals surface area contributed by atoms with Crippen molar-refractivity contribution in [3.8, 4) is 0 Å². The third-order valence-corrected chi connectivity index (χ3v) is 3.23. The van der Waals surface area contributed by atoms with Gasteiger partial charge in [0.25, 0.3) is 0 Å². The van der Waals surface area contributed by atoms with Crippen LogP contribution in [0.4, 0.5) is 4.79 Å². The maximum absolute atomic E-state index is 12.3. The third-order valence-electron chi connectivity index (χ3n) is 3.23. The van der Waals surface area contributed by atoms with Crippen LogP contribution in [-0.2, 0) is 16.1 Å². The lowest BCUT2D eigenvalue weighted by Crippen LogP contribution is -2.42. The molecule has 9 heteroatoms. The van der Waals surface area contributed by atoms with E-state index >= 15 is 0 Å². The van der Waals surface area contributed by atoms with E-state index in [-0.39, 0.29) is 24.7 Å². The Bertz CT molecular complexity index is 458. The van der Waals surface area contributed by atoms with Gasteiger partial charge in [0.2, 0.25) is 0 Å². The maximum atomic E-state index is 12.3. The first-order valence-electron chi connectivity index (χ1n) is 6.91. The summed E-state index contributed by atoms with van der Waals surface area (Å²) in [4.78, 5) is 20.2. The number of rotatable bonds is 4. The van der Waals surface area contributed by atoms with Crippen LogP contribution in [-0.4, -0.2) is 56.0 Å². The van der Waals surface area contributed by atoms with Crippen LogP contribution in [0.5, 0.6) is 0 Å². The molecule has 0 radical (unpaired) electrons. The molecule has 2 N–H and O–H groups in total. The van der Waals surface area contributed by atoms with Gasteiger partial charge in [0.05, 0.1) is 19.2 Å². The molecule has 2 heterocycles. The fraction of sp³-hybridized carbons (Fsp3) is 0.833. The van der Waals surface area contributed by atoms with Gasteiger partial charge >= 0.3 is 6.09 Å². The normalized spacial score (nSPS) is 22.6. The zero-order valence-electron chi connectivity index (χ0n) is 12.6. The Hall–Kier alpha value is -1.74. The van der Waals surface area contributed by atoms with Crippen molar-refractivity contribution in [3.63, 3.8) is 0 Å². The van der Waals surface area contributed by atoms with Gasteiger partial charge in [-0.25, -0.2) is 10.7 Å². The molecule has 1 saturated heterocycles. The van der Waals surface area contributed by atoms with Crippen LogP contribution < -0.4 is 5.90 Å². The molecule has 1 fully saturated rings. The number of tetrazole rings is 1. The molecule has 0 aromatic carbocycles. The van der Waals surface area contributed by atoms with Gasteiger partial charge in [-0.15, -0.1) is 10.2 Å². The number of likely N-dealkylation sites (tertiary alicyclic amines) is 1. The van der Waals surface area contributed by atoms with Crippen LogP contribution in [0.15, 0.2) is 6.33 Å². The summed E-state index contributed by atoms with van der Waals surface area (Å²) in [5, 5.41) is 11.5. The van der Waals surface area contributed by atoms with Crippen LogP contribution in [0, 0.1) is 5.92 Å². The molecular formula is C12H22N6O3. The predicted molar refractivity (Wildman–Crippen MR) is 72.8 cm³/mol. The van der Waals surface area contributed by atoms with Gasteiger partial charge in [0, 0.05) is 12.5 Å². The van der Waals surface area contributed by atoms with Crippen molar-refractivity contribution in [1.82, 2.24) is 25.1 Å². The molecule has 0 spiro atoms. The van der Waals surface area contributed by atoms with E-state index in [2.05, 4.69) is 15.4 Å². The van der Waals surface area contributed by atoms with E-state index in [1.807, 2.05) is 20.8 Å². The van der Waals surface area contributed by atoms with E-state index in [0.29, 0.717) is 13.1 Å². The molecule has 9 nitrogen and oxygen atoms in total. The number of nitrogens with two attached hydrogens (primary N) is 1. The second-order valence-corrected chi connectivity index (χ2v) is 6.21. The SMILES string of the molecule is CC(C)(C)OC(=O)N1C[C@@H](Cn2ncnn2)C[C@@H]1CON. The molecule has 21 heavy (non-hydrogen) atoms. The fourth-order valence-electron chi connectivity index (χ4n) is 2.46. The van der Waals surface area contributed by atoms with Crippen LogP contribution in [0.3, 0.4) is 0 Å². The number of amides is 1. The molecule has 0 unspecified atom stereocenters. The molecule has 1 amide bonds. The summed E-state index contributed by atoms with van der Waals surface area (Å²) < 4.78 is 5.42. The number of aromatic nitrogens is 4. The van der Waals surface area contributed by atoms with Crippen molar-refractivity contribution >= 4 is 6.09 Å². The first-order valence-corrected chi connectivity index (χ1v) is 6.91. The van der Waals surface area contributed by atoms with Crippen molar-refractivity contribution in [1.29, 1.82) is 0 Å². The summed E-state index contributed by atoms with van der Waals surface area (Å²) in [5.41, 5.74) is -0.531. The minimum atomic E-state index is -0.531. The highest BCUT2D eigenvalue weighted by Crippen LogP contribution is 2.26. The van der Waals surface area contributed by atoms with Gasteiger partial charge in [-0.2, -0.15) is 4.80 Å². The van der Waals surface area contributed by atoms with E-state index in [1.165, 1.54) is 11.1 Å². The van der Waals surface area contributed by atoms with E-state index < -0.39 is 5.60 Å². The van der Waals surface area contributed by atoms with Gasteiger partial charge in [-0.1, -0.05) is 0 Å². The Morgan fingerprint density at radius 1 is 1.48 bits per heavy atom. The second kappa shape index (κ2) is 6.35. The summed E-state index contributed by atoms with van der Waals surface area (Å²) in [7, 11) is 0. The molecule has 1 aliphatic rings. The molecule has 2 atom stereocenters. The van der Waals surface area contributed by atoms with Gasteiger partial charge < -0.3 is 14.5 Å². The highest BCUT2D eigenvalue weighted by molar-refractivity contribution is 5.69. The average Bonchev–Trinajstić information content (AvgIpc) is 2.98. The Labute approximate surface area is 123 Å². The Morgan fingerprint density at radius 3 is 2.81 bits per heavy atom. The largest absolute Gasteiger partial charge is 0.444 e. The highest BCUT2D eigenvalue weighted by atomic mass is 16.6. The van der Waals surface area contributed by atoms with Crippen molar-refractivity contribution in [2.24, 2.45) is 11.8 Å². The standard InChI is InChI=1S/C12H22N6O3/c1-12(2,3)21-11(19)17-5-9(4-10(17)7-20-13)6-18-15-8-14-16-18/h8-10H,4-7,13H2,1-3H3/t9-,10+/m0/s1. The summed E-state index contributed by atoms with van der Waals surface area (Å²) >= 11 is 0. The van der Waals surface area contributed by atoms with Crippen LogP contribution in [0.2, 0.25) is 0 Å². The number of carbonyl (C=O) groups excluding carboxylic acids is 1. The molecule has 1 aliphatic heterocycles. The molecule has 2 rings (SSSR count). The summed E-state index contributed by atoms with van der Waals surface area (Å²) in [5.74, 6) is 5.38. The van der Waals surface area contributed by atoms with Crippen LogP contribution >= 0.6 is 0 Å². The summed E-state index contributed by atoms with van der Waals surface area (Å²) in [6.07, 6.45) is 1.80. The smallest absolute Gasteiger partial charge is 0.410 e. The molecule has 0 aliphatic carbocycles. The van der Waals surface area contributed by atoms with Crippen molar-refractivity contribution in [2.75, 3.05) is 13.2 Å². The van der Waals surface area contributed by atoms with E-state index in [1.54, 1.807) is 4.90 Å². The molecule has 0 bridgehead atoms. The predicted octanol–water partition coefficient (Wildman–Crippen LogP) is 0.189. The van der Waals surface area contributed by atoms with E-state index in [9.17, 15) is 4.79 Å². The van der Waals surface area contributed by atoms with Crippen molar-refractivity contribution in [2.45, 2.75) is 45.4 Å². The summed E-state index contributed by atoms with van der Waals surface area (Å²) in [6, 6.07) is -0.0987. The maximum Gasteiger partial charge on any atom is 0.410 e. The van der Waals surface area contributed by atoms with Gasteiger partial charge in [-0.3, -0.25) is 0 Å². The van der Waals surface area contributed by atoms with Crippen molar-refractivity contribution in [3.05, 3.63) is 6.33 Å². The third kappa shape index (κ3) is 4.36. The second-order valence-electron chi connectivity index (χ2n) is 6.21. The summed E-state index contributed by atoms with van der Waals surface area (Å²) in [6.45, 7) is 6.95. The van der Waals surface area contributed by atoms with Crippen LogP contribution in [0.1, 0.15) is 27.2 Å².